The number of ether oxygens (including phenoxy) is 1. The molecule has 1 saturated carbocycles. The molecule has 1 aliphatic carbocycles. The van der Waals surface area contributed by atoms with Crippen LogP contribution < -0.4 is 4.74 Å². The highest BCUT2D eigenvalue weighted by molar-refractivity contribution is 5.76. The normalized spacial score (nSPS) is 15.4. The first-order valence-corrected chi connectivity index (χ1v) is 8.81. The lowest BCUT2D eigenvalue weighted by Crippen LogP contribution is -2.41. The fourth-order valence-corrected chi connectivity index (χ4v) is 3.05. The zero-order valence-corrected chi connectivity index (χ0v) is 15.2. The van der Waals surface area contributed by atoms with Gasteiger partial charge in [-0.25, -0.2) is 0 Å². The minimum atomic E-state index is -4.52. The number of carbonyl (C=O) groups excluding carboxylic acids is 1. The summed E-state index contributed by atoms with van der Waals surface area (Å²) in [6.07, 6.45) is -1.20. The fraction of sp³-hybridized carbons (Fsp3) is 0.474. The molecule has 1 amide bonds. The number of aromatic nitrogens is 2. The summed E-state index contributed by atoms with van der Waals surface area (Å²) >= 11 is 0. The van der Waals surface area contributed by atoms with Gasteiger partial charge in [0.25, 0.3) is 0 Å². The zero-order chi connectivity index (χ0) is 19.6. The Balaban J connectivity index is 1.73. The summed E-state index contributed by atoms with van der Waals surface area (Å²) in [5.41, 5.74) is -0.0552. The van der Waals surface area contributed by atoms with Gasteiger partial charge < -0.3 is 9.64 Å². The topological polar surface area (TPSA) is 47.4 Å². The fourth-order valence-electron chi connectivity index (χ4n) is 3.05. The molecule has 1 aliphatic rings. The number of rotatable bonds is 7. The largest absolute Gasteiger partial charge is 0.497 e. The van der Waals surface area contributed by atoms with E-state index in [0.717, 1.165) is 34.9 Å². The van der Waals surface area contributed by atoms with Gasteiger partial charge in [-0.1, -0.05) is 12.1 Å². The van der Waals surface area contributed by atoms with Crippen LogP contribution in [-0.2, 0) is 24.1 Å². The van der Waals surface area contributed by atoms with E-state index in [4.69, 9.17) is 4.74 Å². The molecule has 8 heteroatoms. The molecule has 3 rings (SSSR count). The molecule has 0 saturated heterocycles. The highest BCUT2D eigenvalue weighted by atomic mass is 19.4. The first-order valence-electron chi connectivity index (χ1n) is 8.81. The molecule has 0 radical (unpaired) electrons. The van der Waals surface area contributed by atoms with Crippen molar-refractivity contribution in [3.63, 3.8) is 0 Å². The van der Waals surface area contributed by atoms with Gasteiger partial charge >= 0.3 is 6.18 Å². The average molecular weight is 381 g/mol. The molecule has 0 unspecified atom stereocenters. The third kappa shape index (κ3) is 4.81. The van der Waals surface area contributed by atoms with E-state index in [1.54, 1.807) is 12.0 Å². The molecular formula is C19H22F3N3O2. The molecule has 0 aliphatic heterocycles. The zero-order valence-electron chi connectivity index (χ0n) is 15.2. The lowest BCUT2D eigenvalue weighted by atomic mass is 10.1. The lowest BCUT2D eigenvalue weighted by molar-refractivity contribution is -0.142. The van der Waals surface area contributed by atoms with Crippen LogP contribution in [0.2, 0.25) is 0 Å². The monoisotopic (exact) mass is 381 g/mol. The van der Waals surface area contributed by atoms with Gasteiger partial charge in [-0.3, -0.25) is 9.48 Å². The minimum Gasteiger partial charge on any atom is -0.497 e. The van der Waals surface area contributed by atoms with Crippen molar-refractivity contribution in [3.8, 4) is 5.75 Å². The second-order valence-electron chi connectivity index (χ2n) is 6.84. The Hall–Kier alpha value is -2.51. The molecule has 146 valence electrons. The van der Waals surface area contributed by atoms with Crippen molar-refractivity contribution < 1.29 is 22.7 Å². The summed E-state index contributed by atoms with van der Waals surface area (Å²) in [5.74, 6) is 0.917. The van der Waals surface area contributed by atoms with Crippen LogP contribution in [0, 0.1) is 5.92 Å². The van der Waals surface area contributed by atoms with Gasteiger partial charge in [-0.15, -0.1) is 0 Å². The third-order valence-electron chi connectivity index (χ3n) is 4.86. The molecule has 5 nitrogen and oxygen atoms in total. The quantitative estimate of drug-likeness (QED) is 0.734. The van der Waals surface area contributed by atoms with E-state index < -0.39 is 11.9 Å². The molecule has 1 aromatic heterocycles. The molecule has 1 atom stereocenters. The van der Waals surface area contributed by atoms with Crippen molar-refractivity contribution in [3.05, 3.63) is 47.8 Å². The summed E-state index contributed by atoms with van der Waals surface area (Å²) in [6.45, 7) is 2.17. The predicted molar refractivity (Wildman–Crippen MR) is 93.0 cm³/mol. The Morgan fingerprint density at radius 3 is 2.48 bits per heavy atom. The number of halogens is 3. The van der Waals surface area contributed by atoms with Gasteiger partial charge in [0, 0.05) is 18.8 Å². The summed E-state index contributed by atoms with van der Waals surface area (Å²) in [7, 11) is 1.58. The summed E-state index contributed by atoms with van der Waals surface area (Å²) < 4.78 is 44.3. The highest BCUT2D eigenvalue weighted by Gasteiger charge is 2.36. The van der Waals surface area contributed by atoms with Gasteiger partial charge in [0.15, 0.2) is 5.69 Å². The van der Waals surface area contributed by atoms with Gasteiger partial charge in [0.2, 0.25) is 5.91 Å². The van der Waals surface area contributed by atoms with Gasteiger partial charge in [0.05, 0.1) is 7.11 Å². The van der Waals surface area contributed by atoms with Crippen molar-refractivity contribution in [1.82, 2.24) is 14.7 Å². The van der Waals surface area contributed by atoms with E-state index >= 15 is 0 Å². The summed E-state index contributed by atoms with van der Waals surface area (Å²) in [5, 5.41) is 3.48. The van der Waals surface area contributed by atoms with Crippen molar-refractivity contribution in [2.75, 3.05) is 7.11 Å². The molecule has 2 aromatic rings. The average Bonchev–Trinajstić information content (AvgIpc) is 3.37. The van der Waals surface area contributed by atoms with Crippen molar-refractivity contribution in [2.45, 2.75) is 45.1 Å². The van der Waals surface area contributed by atoms with Crippen LogP contribution in [0.15, 0.2) is 36.5 Å². The number of hydrogen-bond donors (Lipinski definition) is 0. The van der Waals surface area contributed by atoms with Gasteiger partial charge in [-0.2, -0.15) is 18.3 Å². The molecule has 1 aromatic carbocycles. The van der Waals surface area contributed by atoms with Crippen molar-refractivity contribution in [1.29, 1.82) is 0 Å². The number of carbonyl (C=O) groups is 1. The van der Waals surface area contributed by atoms with Crippen LogP contribution >= 0.6 is 0 Å². The van der Waals surface area contributed by atoms with Crippen molar-refractivity contribution in [2.24, 2.45) is 5.92 Å². The first-order chi connectivity index (χ1) is 12.8. The number of nitrogens with zero attached hydrogens (tertiary/aromatic N) is 3. The van der Waals surface area contributed by atoms with Crippen LogP contribution in [-0.4, -0.2) is 33.7 Å². The van der Waals surface area contributed by atoms with Crippen LogP contribution in [0.1, 0.15) is 31.0 Å². The Kier molecular flexibility index (Phi) is 5.43. The highest BCUT2D eigenvalue weighted by Crippen LogP contribution is 2.36. The van der Waals surface area contributed by atoms with Crippen molar-refractivity contribution >= 4 is 5.91 Å². The molecule has 0 bridgehead atoms. The number of amides is 1. The maximum absolute atomic E-state index is 12.8. The number of benzene rings is 1. The molecule has 27 heavy (non-hydrogen) atoms. The Labute approximate surface area is 155 Å². The van der Waals surface area contributed by atoms with Crippen LogP contribution in [0.3, 0.4) is 0 Å². The Morgan fingerprint density at radius 1 is 1.30 bits per heavy atom. The standard InChI is InChI=1S/C19H22F3N3O2/c1-13(15-5-6-15)25(11-14-3-7-16(27-2)8-4-14)18(26)12-24-10-9-17(23-24)19(20,21)22/h3-4,7-10,13,15H,5-6,11-12H2,1-2H3/t13-/m0/s1. The Bertz CT molecular complexity index is 782. The van der Waals surface area contributed by atoms with E-state index in [-0.39, 0.29) is 18.5 Å². The SMILES string of the molecule is COc1ccc(CN(C(=O)Cn2ccc(C(F)(F)F)n2)[C@@H](C)C2CC2)cc1. The molecular weight excluding hydrogens is 359 g/mol. The Morgan fingerprint density at radius 2 is 1.96 bits per heavy atom. The van der Waals surface area contributed by atoms with Gasteiger partial charge in [0.1, 0.15) is 12.3 Å². The molecule has 1 fully saturated rings. The third-order valence-corrected chi connectivity index (χ3v) is 4.86. The summed E-state index contributed by atoms with van der Waals surface area (Å²) in [6, 6.07) is 8.32. The molecule has 0 spiro atoms. The van der Waals surface area contributed by atoms with Crippen LogP contribution in [0.5, 0.6) is 5.75 Å². The second-order valence-corrected chi connectivity index (χ2v) is 6.84. The number of hydrogen-bond acceptors (Lipinski definition) is 3. The van der Waals surface area contributed by atoms with Gasteiger partial charge in [-0.05, 0) is 49.4 Å². The molecule has 1 heterocycles. The van der Waals surface area contributed by atoms with Crippen LogP contribution in [0.4, 0.5) is 13.2 Å². The van der Waals surface area contributed by atoms with E-state index in [9.17, 15) is 18.0 Å². The molecule has 0 N–H and O–H groups in total. The number of alkyl halides is 3. The first kappa shape index (κ1) is 19.3. The smallest absolute Gasteiger partial charge is 0.435 e. The minimum absolute atomic E-state index is 0.0252. The lowest BCUT2D eigenvalue weighted by Gasteiger charge is -2.29. The van der Waals surface area contributed by atoms with E-state index in [1.165, 1.54) is 6.20 Å². The van der Waals surface area contributed by atoms with E-state index in [1.807, 2.05) is 31.2 Å². The van der Waals surface area contributed by atoms with Crippen LogP contribution in [0.25, 0.3) is 0 Å². The van der Waals surface area contributed by atoms with E-state index in [0.29, 0.717) is 12.5 Å². The predicted octanol–water partition coefficient (Wildman–Crippen LogP) is 3.74. The second kappa shape index (κ2) is 7.62. The summed E-state index contributed by atoms with van der Waals surface area (Å²) in [4.78, 5) is 14.6. The maximum atomic E-state index is 12.8. The van der Waals surface area contributed by atoms with E-state index in [2.05, 4.69) is 5.10 Å². The maximum Gasteiger partial charge on any atom is 0.435 e. The number of methoxy groups -OCH3 is 1.